The minimum absolute atomic E-state index is 0.0570. The molecule has 0 fully saturated rings. The Hall–Kier alpha value is -3.29. The van der Waals surface area contributed by atoms with Gasteiger partial charge in [-0.2, -0.15) is 21.9 Å². The van der Waals surface area contributed by atoms with Crippen molar-refractivity contribution in [2.75, 3.05) is 0 Å². The van der Waals surface area contributed by atoms with Crippen molar-refractivity contribution >= 4 is 48.0 Å². The first kappa shape index (κ1) is 24.4. The van der Waals surface area contributed by atoms with E-state index in [0.29, 0.717) is 5.56 Å². The van der Waals surface area contributed by atoms with E-state index in [1.54, 1.807) is 12.1 Å². The molecule has 0 saturated heterocycles. The summed E-state index contributed by atoms with van der Waals surface area (Å²) in [5.41, 5.74) is 0.962. The molecule has 1 N–H and O–H groups in total. The van der Waals surface area contributed by atoms with E-state index in [0.717, 1.165) is 17.7 Å². The molecule has 0 amide bonds. The van der Waals surface area contributed by atoms with Crippen LogP contribution >= 0.6 is 15.9 Å². The molecule has 172 valence electrons. The molecule has 0 heterocycles. The number of halogens is 1. The third-order valence-electron chi connectivity index (χ3n) is 4.19. The quantitative estimate of drug-likeness (QED) is 0.193. The molecule has 10 nitrogen and oxygen atoms in total. The van der Waals surface area contributed by atoms with E-state index < -0.39 is 30.8 Å². The van der Waals surface area contributed by atoms with Crippen LogP contribution in [0.5, 0.6) is 5.75 Å². The van der Waals surface area contributed by atoms with Crippen LogP contribution in [-0.4, -0.2) is 28.0 Å². The summed E-state index contributed by atoms with van der Waals surface area (Å²) in [6.45, 7) is 1.84. The summed E-state index contributed by atoms with van der Waals surface area (Å²) in [5, 5.41) is 14.6. The lowest BCUT2D eigenvalue weighted by molar-refractivity contribution is -0.385. The molecule has 0 saturated carbocycles. The molecule has 0 atom stereocenters. The second-order valence-corrected chi connectivity index (χ2v) is 10.7. The van der Waals surface area contributed by atoms with Gasteiger partial charge in [0.15, 0.2) is 5.75 Å². The fraction of sp³-hybridized carbons (Fsp3) is 0.0500. The molecule has 13 heteroatoms. The van der Waals surface area contributed by atoms with Gasteiger partial charge in [-0.25, -0.2) is 4.83 Å². The Balaban J connectivity index is 1.74. The molecule has 0 bridgehead atoms. The number of nitro groups is 1. The number of hydrazone groups is 1. The average molecular weight is 554 g/mol. The first-order valence-corrected chi connectivity index (χ1v) is 12.8. The molecule has 0 aliphatic rings. The van der Waals surface area contributed by atoms with Gasteiger partial charge in [0, 0.05) is 12.1 Å². The van der Waals surface area contributed by atoms with Crippen molar-refractivity contribution < 1.29 is 25.9 Å². The molecule has 0 aliphatic heterocycles. The van der Waals surface area contributed by atoms with Crippen molar-refractivity contribution in [2.45, 2.75) is 16.7 Å². The lowest BCUT2D eigenvalue weighted by Gasteiger charge is -2.09. The standard InChI is InChI=1S/C20H16BrN3O7S2/c1-14-5-8-17(9-6-14)32(27,28)23-22-13-15-7-10-20(19(21)11-15)31-33(29,30)18-4-2-3-16(12-18)24(25)26/h2-13,23H,1H3/b22-13-. The predicted molar refractivity (Wildman–Crippen MR) is 124 cm³/mol. The molecular formula is C20H16BrN3O7S2. The Kier molecular flexibility index (Phi) is 7.15. The predicted octanol–water partition coefficient (Wildman–Crippen LogP) is 3.75. The van der Waals surface area contributed by atoms with Crippen LogP contribution in [0, 0.1) is 17.0 Å². The molecular weight excluding hydrogens is 538 g/mol. The summed E-state index contributed by atoms with van der Waals surface area (Å²) < 4.78 is 54.8. The second-order valence-electron chi connectivity index (χ2n) is 6.65. The number of nitro benzene ring substituents is 1. The van der Waals surface area contributed by atoms with Crippen LogP contribution < -0.4 is 9.01 Å². The molecule has 3 aromatic rings. The number of hydrogen-bond donors (Lipinski definition) is 1. The molecule has 0 aromatic heterocycles. The van der Waals surface area contributed by atoms with E-state index >= 15 is 0 Å². The van der Waals surface area contributed by atoms with Gasteiger partial charge in [0.1, 0.15) is 4.90 Å². The molecule has 0 unspecified atom stereocenters. The number of rotatable bonds is 8. The maximum Gasteiger partial charge on any atom is 0.339 e. The van der Waals surface area contributed by atoms with E-state index in [1.165, 1.54) is 48.7 Å². The highest BCUT2D eigenvalue weighted by Crippen LogP contribution is 2.29. The third-order valence-corrected chi connectivity index (χ3v) is 7.28. The highest BCUT2D eigenvalue weighted by Gasteiger charge is 2.21. The number of sulfonamides is 1. The van der Waals surface area contributed by atoms with Gasteiger partial charge in [-0.15, -0.1) is 0 Å². The maximum atomic E-state index is 12.5. The lowest BCUT2D eigenvalue weighted by atomic mass is 10.2. The van der Waals surface area contributed by atoms with Gasteiger partial charge in [-0.1, -0.05) is 23.8 Å². The zero-order chi connectivity index (χ0) is 24.2. The van der Waals surface area contributed by atoms with Crippen LogP contribution in [0.1, 0.15) is 11.1 Å². The number of benzene rings is 3. The van der Waals surface area contributed by atoms with Gasteiger partial charge in [-0.05, 0) is 64.8 Å². The summed E-state index contributed by atoms with van der Waals surface area (Å²) in [7, 11) is -8.18. The normalized spacial score (nSPS) is 11.9. The van der Waals surface area contributed by atoms with Gasteiger partial charge in [0.2, 0.25) is 0 Å². The minimum atomic E-state index is -4.33. The molecule has 3 rings (SSSR count). The van der Waals surface area contributed by atoms with Gasteiger partial charge < -0.3 is 4.18 Å². The molecule has 0 radical (unpaired) electrons. The summed E-state index contributed by atoms with van der Waals surface area (Å²) in [6, 6.07) is 14.9. The molecule has 0 aliphatic carbocycles. The topological polar surface area (TPSA) is 145 Å². The van der Waals surface area contributed by atoms with Crippen LogP contribution in [0.3, 0.4) is 0 Å². The van der Waals surface area contributed by atoms with Crippen LogP contribution in [0.15, 0.2) is 86.1 Å². The highest BCUT2D eigenvalue weighted by molar-refractivity contribution is 9.10. The van der Waals surface area contributed by atoms with E-state index in [-0.39, 0.29) is 20.0 Å². The number of nitrogens with zero attached hydrogens (tertiary/aromatic N) is 2. The van der Waals surface area contributed by atoms with E-state index in [9.17, 15) is 26.9 Å². The van der Waals surface area contributed by atoms with E-state index in [1.807, 2.05) is 6.92 Å². The first-order chi connectivity index (χ1) is 15.5. The van der Waals surface area contributed by atoms with Gasteiger partial charge in [-0.3, -0.25) is 10.1 Å². The number of hydrogen-bond acceptors (Lipinski definition) is 8. The van der Waals surface area contributed by atoms with Gasteiger partial charge in [0.25, 0.3) is 15.7 Å². The Morgan fingerprint density at radius 2 is 1.70 bits per heavy atom. The molecule has 3 aromatic carbocycles. The second kappa shape index (κ2) is 9.68. The van der Waals surface area contributed by atoms with Crippen LogP contribution in [0.4, 0.5) is 5.69 Å². The Bertz CT molecular complexity index is 1440. The van der Waals surface area contributed by atoms with Gasteiger partial charge in [0.05, 0.1) is 20.5 Å². The first-order valence-electron chi connectivity index (χ1n) is 9.08. The zero-order valence-electron chi connectivity index (χ0n) is 16.9. The summed E-state index contributed by atoms with van der Waals surface area (Å²) in [6.07, 6.45) is 1.23. The van der Waals surface area contributed by atoms with Crippen LogP contribution in [0.25, 0.3) is 0 Å². The van der Waals surface area contributed by atoms with E-state index in [2.05, 4.69) is 25.9 Å². The number of non-ortho nitro benzene ring substituents is 1. The SMILES string of the molecule is Cc1ccc(S(=O)(=O)N/N=C\c2ccc(OS(=O)(=O)c3cccc([N+](=O)[O-])c3)c(Br)c2)cc1. The van der Waals surface area contributed by atoms with Crippen molar-refractivity contribution in [1.82, 2.24) is 4.83 Å². The van der Waals surface area contributed by atoms with Crippen molar-refractivity contribution in [2.24, 2.45) is 5.10 Å². The van der Waals surface area contributed by atoms with Crippen molar-refractivity contribution in [3.63, 3.8) is 0 Å². The van der Waals surface area contributed by atoms with Gasteiger partial charge >= 0.3 is 10.1 Å². The van der Waals surface area contributed by atoms with E-state index in [4.69, 9.17) is 4.18 Å². The fourth-order valence-electron chi connectivity index (χ4n) is 2.52. The summed E-state index contributed by atoms with van der Waals surface area (Å²) >= 11 is 3.19. The Morgan fingerprint density at radius 3 is 2.33 bits per heavy atom. The fourth-order valence-corrected chi connectivity index (χ4v) is 4.89. The minimum Gasteiger partial charge on any atom is -0.378 e. The summed E-state index contributed by atoms with van der Waals surface area (Å²) in [5.74, 6) is -0.0705. The van der Waals surface area contributed by atoms with Crippen molar-refractivity contribution in [3.8, 4) is 5.75 Å². The Morgan fingerprint density at radius 1 is 1.00 bits per heavy atom. The average Bonchev–Trinajstić information content (AvgIpc) is 2.76. The highest BCUT2D eigenvalue weighted by atomic mass is 79.9. The van der Waals surface area contributed by atoms with Crippen LogP contribution in [-0.2, 0) is 20.1 Å². The number of aryl methyl sites for hydroxylation is 1. The van der Waals surface area contributed by atoms with Crippen molar-refractivity contribution in [1.29, 1.82) is 0 Å². The lowest BCUT2D eigenvalue weighted by Crippen LogP contribution is -2.18. The largest absolute Gasteiger partial charge is 0.378 e. The third kappa shape index (κ3) is 6.15. The monoisotopic (exact) mass is 553 g/mol. The smallest absolute Gasteiger partial charge is 0.339 e. The zero-order valence-corrected chi connectivity index (χ0v) is 20.1. The molecule has 0 spiro atoms. The van der Waals surface area contributed by atoms with Crippen molar-refractivity contribution in [3.05, 3.63) is 92.4 Å². The molecule has 33 heavy (non-hydrogen) atoms. The van der Waals surface area contributed by atoms with Crippen LogP contribution in [0.2, 0.25) is 0 Å². The maximum absolute atomic E-state index is 12.5. The number of nitrogens with one attached hydrogen (secondary N) is 1. The summed E-state index contributed by atoms with van der Waals surface area (Å²) in [4.78, 5) is 11.9. The Labute approximate surface area is 198 Å².